The molecule has 3 amide bonds. The molecule has 47 heavy (non-hydrogen) atoms. The van der Waals surface area contributed by atoms with Crippen LogP contribution in [0, 0.1) is 0 Å². The van der Waals surface area contributed by atoms with Crippen LogP contribution in [0.1, 0.15) is 37.5 Å². The van der Waals surface area contributed by atoms with E-state index in [1.165, 1.54) is 12.1 Å². The molecule has 5 aromatic rings. The third-order valence-corrected chi connectivity index (χ3v) is 7.78. The van der Waals surface area contributed by atoms with Gasteiger partial charge < -0.3 is 40.5 Å². The lowest BCUT2D eigenvalue weighted by Crippen LogP contribution is -2.55. The van der Waals surface area contributed by atoms with E-state index in [1.54, 1.807) is 40.0 Å². The molecule has 0 unspecified atom stereocenters. The van der Waals surface area contributed by atoms with Gasteiger partial charge in [0.05, 0.1) is 7.11 Å². The molecule has 0 saturated heterocycles. The van der Waals surface area contributed by atoms with E-state index in [1.807, 2.05) is 54.9 Å². The molecule has 3 aromatic carbocycles. The molecule has 6 N–H and O–H groups in total. The van der Waals surface area contributed by atoms with Gasteiger partial charge in [-0.25, -0.2) is 4.79 Å². The molecule has 0 aliphatic rings. The van der Waals surface area contributed by atoms with Crippen molar-refractivity contribution < 1.29 is 29.0 Å². The van der Waals surface area contributed by atoms with Gasteiger partial charge in [-0.1, -0.05) is 30.3 Å². The average molecular weight is 640 g/mol. The zero-order chi connectivity index (χ0) is 33.6. The van der Waals surface area contributed by atoms with Gasteiger partial charge in [0.1, 0.15) is 29.2 Å². The van der Waals surface area contributed by atoms with Crippen LogP contribution in [0.3, 0.4) is 0 Å². The number of phenolic OH excluding ortho intramolecular Hbond substituents is 1. The number of ether oxygens (including phenoxy) is 2. The Hall–Kier alpha value is -5.45. The van der Waals surface area contributed by atoms with Gasteiger partial charge in [-0.3, -0.25) is 9.59 Å². The van der Waals surface area contributed by atoms with Crippen molar-refractivity contribution in [2.75, 3.05) is 13.7 Å². The van der Waals surface area contributed by atoms with Gasteiger partial charge >= 0.3 is 6.09 Å². The maximum Gasteiger partial charge on any atom is 0.408 e. The first-order chi connectivity index (χ1) is 22.5. The number of para-hydroxylation sites is 1. The number of benzene rings is 3. The third-order valence-electron chi connectivity index (χ3n) is 7.78. The van der Waals surface area contributed by atoms with E-state index < -0.39 is 29.7 Å². The van der Waals surface area contributed by atoms with Crippen LogP contribution in [0.15, 0.2) is 79.1 Å². The molecule has 11 heteroatoms. The standard InChI is InChI=1S/C36H41N5O6/c1-36(2,3)47-35(45)41-31(17-22-9-11-25(42)12-10-22)34(44)40-32(18-24-21-39-29-8-6-5-7-27(24)29)33(43)37-16-15-23-20-38-30-14-13-26(46-4)19-28(23)30/h5-14,19-21,31-32,38-39,42H,15-18H2,1-4H3,(H,37,43)(H,40,44)(H,41,45)/t31-,32-/m0/s1. The molecule has 2 atom stereocenters. The highest BCUT2D eigenvalue weighted by molar-refractivity contribution is 5.92. The second kappa shape index (κ2) is 14.3. The summed E-state index contributed by atoms with van der Waals surface area (Å²) in [7, 11) is 1.62. The molecule has 246 valence electrons. The number of hydrogen-bond acceptors (Lipinski definition) is 6. The van der Waals surface area contributed by atoms with Crippen molar-refractivity contribution in [3.8, 4) is 11.5 Å². The lowest BCUT2D eigenvalue weighted by atomic mass is 10.0. The molecule has 0 radical (unpaired) electrons. The van der Waals surface area contributed by atoms with Crippen molar-refractivity contribution in [1.82, 2.24) is 25.9 Å². The first-order valence-electron chi connectivity index (χ1n) is 15.5. The highest BCUT2D eigenvalue weighted by Gasteiger charge is 2.29. The van der Waals surface area contributed by atoms with Gasteiger partial charge in [0.25, 0.3) is 0 Å². The summed E-state index contributed by atoms with van der Waals surface area (Å²) < 4.78 is 10.8. The Kier molecular flexibility index (Phi) is 10.0. The first kappa shape index (κ1) is 32.9. The predicted octanol–water partition coefficient (Wildman–Crippen LogP) is 4.89. The Morgan fingerprint density at radius 2 is 1.49 bits per heavy atom. The second-order valence-corrected chi connectivity index (χ2v) is 12.5. The molecule has 0 bridgehead atoms. The van der Waals surface area contributed by atoms with Crippen LogP contribution in [-0.2, 0) is 33.6 Å². The van der Waals surface area contributed by atoms with Crippen molar-refractivity contribution in [2.45, 2.75) is 57.7 Å². The van der Waals surface area contributed by atoms with Crippen LogP contribution < -0.4 is 20.7 Å². The van der Waals surface area contributed by atoms with Gasteiger partial charge in [-0.05, 0) is 80.3 Å². The fourth-order valence-corrected chi connectivity index (χ4v) is 5.46. The van der Waals surface area contributed by atoms with E-state index >= 15 is 0 Å². The van der Waals surface area contributed by atoms with E-state index in [2.05, 4.69) is 25.9 Å². The summed E-state index contributed by atoms with van der Waals surface area (Å²) >= 11 is 0. The van der Waals surface area contributed by atoms with Crippen molar-refractivity contribution in [3.63, 3.8) is 0 Å². The predicted molar refractivity (Wildman–Crippen MR) is 180 cm³/mol. The zero-order valence-electron chi connectivity index (χ0n) is 27.0. The highest BCUT2D eigenvalue weighted by Crippen LogP contribution is 2.24. The van der Waals surface area contributed by atoms with Crippen LogP contribution in [0.5, 0.6) is 11.5 Å². The fraction of sp³-hybridized carbons (Fsp3) is 0.306. The Labute approximate surface area is 273 Å². The Morgan fingerprint density at radius 3 is 2.21 bits per heavy atom. The molecule has 0 aliphatic heterocycles. The van der Waals surface area contributed by atoms with Gasteiger partial charge in [0.2, 0.25) is 11.8 Å². The Morgan fingerprint density at radius 1 is 0.809 bits per heavy atom. The lowest BCUT2D eigenvalue weighted by Gasteiger charge is -2.25. The fourth-order valence-electron chi connectivity index (χ4n) is 5.46. The van der Waals surface area contributed by atoms with Crippen LogP contribution >= 0.6 is 0 Å². The molecule has 0 spiro atoms. The number of aromatic amines is 2. The number of carbonyl (C=O) groups is 3. The number of carbonyl (C=O) groups excluding carboxylic acids is 3. The number of aromatic hydroxyl groups is 1. The van der Waals surface area contributed by atoms with E-state index in [9.17, 15) is 19.5 Å². The maximum absolute atomic E-state index is 13.9. The molecule has 2 heterocycles. The number of aromatic nitrogens is 2. The van der Waals surface area contributed by atoms with Gasteiger partial charge in [0, 0.05) is 53.6 Å². The maximum atomic E-state index is 13.9. The summed E-state index contributed by atoms with van der Waals surface area (Å²) in [5.74, 6) is -0.0859. The van der Waals surface area contributed by atoms with Crippen LogP contribution in [0.25, 0.3) is 21.8 Å². The number of amides is 3. The van der Waals surface area contributed by atoms with E-state index in [0.29, 0.717) is 18.5 Å². The van der Waals surface area contributed by atoms with Crippen molar-refractivity contribution in [2.24, 2.45) is 0 Å². The number of phenols is 1. The number of H-pyrrole nitrogens is 2. The van der Waals surface area contributed by atoms with Crippen LogP contribution in [-0.4, -0.2) is 64.3 Å². The number of hydrogen-bond donors (Lipinski definition) is 6. The van der Waals surface area contributed by atoms with Crippen LogP contribution in [0.2, 0.25) is 0 Å². The number of rotatable bonds is 12. The first-order valence-corrected chi connectivity index (χ1v) is 15.5. The highest BCUT2D eigenvalue weighted by atomic mass is 16.6. The number of alkyl carbamates (subject to hydrolysis) is 1. The Bertz CT molecular complexity index is 1850. The Balaban J connectivity index is 1.35. The molecular formula is C36H41N5O6. The minimum atomic E-state index is -1.06. The topological polar surface area (TPSA) is 158 Å². The zero-order valence-corrected chi connectivity index (χ0v) is 27.0. The van der Waals surface area contributed by atoms with Gasteiger partial charge in [-0.2, -0.15) is 0 Å². The molecule has 0 saturated carbocycles. The smallest absolute Gasteiger partial charge is 0.408 e. The summed E-state index contributed by atoms with van der Waals surface area (Å²) in [5, 5.41) is 20.3. The summed E-state index contributed by atoms with van der Waals surface area (Å²) in [4.78, 5) is 46.9. The second-order valence-electron chi connectivity index (χ2n) is 12.5. The summed E-state index contributed by atoms with van der Waals surface area (Å²) in [6, 6.07) is 17.9. The molecular weight excluding hydrogens is 598 g/mol. The van der Waals surface area contributed by atoms with E-state index in [-0.39, 0.29) is 24.5 Å². The SMILES string of the molecule is COc1ccc2[nH]cc(CCNC(=O)[C@H](Cc3c[nH]c4ccccc34)NC(=O)[C@H](Cc3ccc(O)cc3)NC(=O)OC(C)(C)C)c2c1. The average Bonchev–Trinajstić information content (AvgIpc) is 3.64. The largest absolute Gasteiger partial charge is 0.508 e. The van der Waals surface area contributed by atoms with Crippen molar-refractivity contribution in [1.29, 1.82) is 0 Å². The van der Waals surface area contributed by atoms with Gasteiger partial charge in [0.15, 0.2) is 0 Å². The quantitative estimate of drug-likeness (QED) is 0.114. The van der Waals surface area contributed by atoms with E-state index in [0.717, 1.165) is 38.7 Å². The monoisotopic (exact) mass is 639 g/mol. The van der Waals surface area contributed by atoms with Crippen LogP contribution in [0.4, 0.5) is 4.79 Å². The molecule has 0 aliphatic carbocycles. The number of fused-ring (bicyclic) bond motifs is 2. The minimum Gasteiger partial charge on any atom is -0.508 e. The molecule has 0 fully saturated rings. The number of methoxy groups -OCH3 is 1. The minimum absolute atomic E-state index is 0.0806. The molecule has 5 rings (SSSR count). The van der Waals surface area contributed by atoms with Crippen molar-refractivity contribution >= 4 is 39.7 Å². The van der Waals surface area contributed by atoms with Crippen molar-refractivity contribution in [3.05, 3.63) is 95.8 Å². The normalized spacial score (nSPS) is 12.8. The third kappa shape index (κ3) is 8.63. The molecule has 2 aromatic heterocycles. The summed E-state index contributed by atoms with van der Waals surface area (Å²) in [6.45, 7) is 5.53. The van der Waals surface area contributed by atoms with Gasteiger partial charge in [-0.15, -0.1) is 0 Å². The summed E-state index contributed by atoms with van der Waals surface area (Å²) in [5.41, 5.74) is 3.68. The molecule has 11 nitrogen and oxygen atoms in total. The number of nitrogens with one attached hydrogen (secondary N) is 5. The lowest BCUT2D eigenvalue weighted by molar-refractivity contribution is -0.130. The summed E-state index contributed by atoms with van der Waals surface area (Å²) in [6.07, 6.45) is 3.86. The van der Waals surface area contributed by atoms with E-state index in [4.69, 9.17) is 9.47 Å².